The number of hydrogen-bond acceptors (Lipinski definition) is 5. The van der Waals surface area contributed by atoms with Gasteiger partial charge in [0.1, 0.15) is 11.5 Å². The minimum Gasteiger partial charge on any atom is -0.479 e. The molecule has 1 aromatic heterocycles. The highest BCUT2D eigenvalue weighted by Crippen LogP contribution is 2.25. The molecule has 0 spiro atoms. The van der Waals surface area contributed by atoms with E-state index in [0.717, 1.165) is 0 Å². The Morgan fingerprint density at radius 1 is 1.15 bits per heavy atom. The monoisotopic (exact) mass is 369 g/mol. The third kappa shape index (κ3) is 4.70. The molecule has 3 rings (SSSR count). The summed E-state index contributed by atoms with van der Waals surface area (Å²) >= 11 is 6.05. The Kier molecular flexibility index (Phi) is 5.66. The van der Waals surface area contributed by atoms with Crippen molar-refractivity contribution >= 4 is 23.2 Å². The van der Waals surface area contributed by atoms with Crippen LogP contribution in [0.3, 0.4) is 0 Å². The second kappa shape index (κ2) is 8.31. The molecule has 1 atom stereocenters. The van der Waals surface area contributed by atoms with E-state index in [0.29, 0.717) is 28.1 Å². The van der Waals surface area contributed by atoms with E-state index in [9.17, 15) is 4.79 Å². The second-order valence-corrected chi connectivity index (χ2v) is 5.76. The molecule has 3 aromatic rings. The van der Waals surface area contributed by atoms with Gasteiger partial charge in [0.25, 0.3) is 5.91 Å². The predicted octanol–water partition coefficient (Wildman–Crippen LogP) is 4.33. The maximum absolute atomic E-state index is 12.4. The molecule has 2 aromatic carbocycles. The first-order valence-electron chi connectivity index (χ1n) is 7.88. The molecule has 26 heavy (non-hydrogen) atoms. The van der Waals surface area contributed by atoms with Gasteiger partial charge in [-0.3, -0.25) is 9.78 Å². The summed E-state index contributed by atoms with van der Waals surface area (Å²) in [5.74, 6) is 1.05. The number of carbonyl (C=O) groups is 1. The summed E-state index contributed by atoms with van der Waals surface area (Å²) < 4.78 is 11.2. The third-order valence-corrected chi connectivity index (χ3v) is 3.69. The molecule has 0 aliphatic carbocycles. The zero-order chi connectivity index (χ0) is 18.4. The van der Waals surface area contributed by atoms with E-state index in [-0.39, 0.29) is 5.91 Å². The number of hydrogen-bond donors (Lipinski definition) is 1. The van der Waals surface area contributed by atoms with Gasteiger partial charge in [-0.15, -0.1) is 0 Å². The Morgan fingerprint density at radius 2 is 2.00 bits per heavy atom. The molecule has 1 amide bonds. The normalized spacial score (nSPS) is 11.5. The molecule has 0 fully saturated rings. The number of aromatic nitrogens is 2. The van der Waals surface area contributed by atoms with E-state index in [1.165, 1.54) is 12.4 Å². The van der Waals surface area contributed by atoms with Crippen LogP contribution in [0.15, 0.2) is 67.1 Å². The summed E-state index contributed by atoms with van der Waals surface area (Å²) in [4.78, 5) is 20.3. The van der Waals surface area contributed by atoms with Crippen molar-refractivity contribution < 1.29 is 14.3 Å². The van der Waals surface area contributed by atoms with Gasteiger partial charge in [0.15, 0.2) is 6.10 Å². The lowest BCUT2D eigenvalue weighted by Crippen LogP contribution is -2.30. The van der Waals surface area contributed by atoms with Gasteiger partial charge in [0.2, 0.25) is 5.88 Å². The molecular formula is C19H16ClN3O3. The first-order valence-corrected chi connectivity index (χ1v) is 8.25. The lowest BCUT2D eigenvalue weighted by Gasteiger charge is -2.16. The third-order valence-electron chi connectivity index (χ3n) is 3.37. The Morgan fingerprint density at radius 3 is 2.77 bits per heavy atom. The quantitative estimate of drug-likeness (QED) is 0.700. The van der Waals surface area contributed by atoms with Crippen LogP contribution in [0, 0.1) is 0 Å². The van der Waals surface area contributed by atoms with E-state index in [1.807, 2.05) is 0 Å². The fourth-order valence-electron chi connectivity index (χ4n) is 2.12. The van der Waals surface area contributed by atoms with Crippen LogP contribution < -0.4 is 14.8 Å². The topological polar surface area (TPSA) is 73.3 Å². The molecular weight excluding hydrogens is 354 g/mol. The minimum atomic E-state index is -0.723. The molecule has 0 saturated carbocycles. The van der Waals surface area contributed by atoms with Crippen molar-refractivity contribution in [1.29, 1.82) is 0 Å². The molecule has 1 unspecified atom stereocenters. The highest BCUT2D eigenvalue weighted by Gasteiger charge is 2.16. The Balaban J connectivity index is 1.64. The van der Waals surface area contributed by atoms with Crippen molar-refractivity contribution in [1.82, 2.24) is 9.97 Å². The van der Waals surface area contributed by atoms with E-state index in [4.69, 9.17) is 21.1 Å². The van der Waals surface area contributed by atoms with Gasteiger partial charge in [-0.1, -0.05) is 29.8 Å². The summed E-state index contributed by atoms with van der Waals surface area (Å²) in [7, 11) is 0. The molecule has 1 N–H and O–H groups in total. The SMILES string of the molecule is CC(Oc1ccccc1Cl)C(=O)Nc1cccc(Oc2cnccn2)c1. The van der Waals surface area contributed by atoms with Crippen LogP contribution in [0.1, 0.15) is 6.92 Å². The fourth-order valence-corrected chi connectivity index (χ4v) is 2.30. The van der Waals surface area contributed by atoms with Crippen molar-refractivity contribution in [2.24, 2.45) is 0 Å². The molecule has 7 heteroatoms. The number of nitrogens with one attached hydrogen (secondary N) is 1. The second-order valence-electron chi connectivity index (χ2n) is 5.35. The first-order chi connectivity index (χ1) is 12.6. The van der Waals surface area contributed by atoms with Crippen LogP contribution in [0.4, 0.5) is 5.69 Å². The largest absolute Gasteiger partial charge is 0.479 e. The number of benzene rings is 2. The van der Waals surface area contributed by atoms with Crippen LogP contribution in [0.2, 0.25) is 5.02 Å². The van der Waals surface area contributed by atoms with Gasteiger partial charge < -0.3 is 14.8 Å². The van der Waals surface area contributed by atoms with Gasteiger partial charge >= 0.3 is 0 Å². The molecule has 0 aliphatic heterocycles. The van der Waals surface area contributed by atoms with Crippen LogP contribution in [-0.4, -0.2) is 22.0 Å². The number of rotatable bonds is 6. The minimum absolute atomic E-state index is 0.304. The summed E-state index contributed by atoms with van der Waals surface area (Å²) in [5, 5.41) is 3.24. The maximum Gasteiger partial charge on any atom is 0.265 e. The standard InChI is InChI=1S/C19H16ClN3O3/c1-13(25-17-8-3-2-7-16(17)20)19(24)23-14-5-4-6-15(11-14)26-18-12-21-9-10-22-18/h2-13H,1H3,(H,23,24). The van der Waals surface area contributed by atoms with Gasteiger partial charge in [0, 0.05) is 24.1 Å². The predicted molar refractivity (Wildman–Crippen MR) is 98.7 cm³/mol. The zero-order valence-corrected chi connectivity index (χ0v) is 14.7. The highest BCUT2D eigenvalue weighted by molar-refractivity contribution is 6.32. The van der Waals surface area contributed by atoms with Crippen LogP contribution >= 0.6 is 11.6 Å². The Labute approximate surface area is 155 Å². The Bertz CT molecular complexity index is 890. The lowest BCUT2D eigenvalue weighted by molar-refractivity contribution is -0.122. The van der Waals surface area contributed by atoms with E-state index in [1.54, 1.807) is 61.7 Å². The van der Waals surface area contributed by atoms with Crippen LogP contribution in [0.5, 0.6) is 17.4 Å². The van der Waals surface area contributed by atoms with Crippen LogP contribution in [-0.2, 0) is 4.79 Å². The van der Waals surface area contributed by atoms with Gasteiger partial charge in [-0.2, -0.15) is 0 Å². The number of para-hydroxylation sites is 1. The molecule has 0 aliphatic rings. The number of amides is 1. The highest BCUT2D eigenvalue weighted by atomic mass is 35.5. The molecule has 6 nitrogen and oxygen atoms in total. The fraction of sp³-hybridized carbons (Fsp3) is 0.105. The molecule has 0 radical (unpaired) electrons. The smallest absolute Gasteiger partial charge is 0.265 e. The van der Waals surface area contributed by atoms with Crippen molar-refractivity contribution in [3.63, 3.8) is 0 Å². The van der Waals surface area contributed by atoms with Crippen molar-refractivity contribution in [3.8, 4) is 17.4 Å². The number of anilines is 1. The number of nitrogens with zero attached hydrogens (tertiary/aromatic N) is 2. The number of halogens is 1. The summed E-state index contributed by atoms with van der Waals surface area (Å²) in [6.07, 6.45) is 3.88. The van der Waals surface area contributed by atoms with Crippen LogP contribution in [0.25, 0.3) is 0 Å². The first kappa shape index (κ1) is 17.7. The van der Waals surface area contributed by atoms with E-state index < -0.39 is 6.10 Å². The summed E-state index contributed by atoms with van der Waals surface area (Å²) in [6, 6.07) is 14.0. The molecule has 0 saturated heterocycles. The van der Waals surface area contributed by atoms with E-state index in [2.05, 4.69) is 15.3 Å². The maximum atomic E-state index is 12.4. The Hall–Kier alpha value is -3.12. The molecule has 0 bridgehead atoms. The van der Waals surface area contributed by atoms with Gasteiger partial charge in [-0.25, -0.2) is 4.98 Å². The van der Waals surface area contributed by atoms with E-state index >= 15 is 0 Å². The van der Waals surface area contributed by atoms with Gasteiger partial charge in [-0.05, 0) is 31.2 Å². The van der Waals surface area contributed by atoms with Crippen molar-refractivity contribution in [2.45, 2.75) is 13.0 Å². The van der Waals surface area contributed by atoms with Gasteiger partial charge in [0.05, 0.1) is 11.2 Å². The zero-order valence-electron chi connectivity index (χ0n) is 13.9. The lowest BCUT2D eigenvalue weighted by atomic mass is 10.2. The summed E-state index contributed by atoms with van der Waals surface area (Å²) in [6.45, 7) is 1.65. The average molecular weight is 370 g/mol. The van der Waals surface area contributed by atoms with Crippen molar-refractivity contribution in [3.05, 3.63) is 72.1 Å². The molecule has 132 valence electrons. The van der Waals surface area contributed by atoms with Crippen molar-refractivity contribution in [2.75, 3.05) is 5.32 Å². The molecule has 1 heterocycles. The average Bonchev–Trinajstić information content (AvgIpc) is 2.64. The number of carbonyl (C=O) groups excluding carboxylic acids is 1. The summed E-state index contributed by atoms with van der Waals surface area (Å²) in [5.41, 5.74) is 0.575. The number of ether oxygens (including phenoxy) is 2.